The average molecular weight is 629 g/mol. The first-order valence-corrected chi connectivity index (χ1v) is 13.7. The standard InChI is InChI=1S/C27H28Cl2F2N4O7/c1-12-17(30)3-13(4-18(12)31)19-8-34(33-32-19)23-24(38)22(9-36)42-26(25(23)40-2)27(39)35(20-10-41-11-21(20)37)16-6-14(28)5-15(29)7-16/h3-8,20-26,36-38H,9-11H2,1-2H3/t20-,21-,22?,23?,24?,25?,26?/m0/s1. The second-order valence-electron chi connectivity index (χ2n) is 10.1. The summed E-state index contributed by atoms with van der Waals surface area (Å²) >= 11 is 12.5. The highest BCUT2D eigenvalue weighted by atomic mass is 35.5. The van der Waals surface area contributed by atoms with E-state index in [1.165, 1.54) is 48.0 Å². The van der Waals surface area contributed by atoms with Crippen LogP contribution in [0.25, 0.3) is 11.3 Å². The molecular formula is C27H28Cl2F2N4O7. The van der Waals surface area contributed by atoms with Crippen molar-refractivity contribution in [3.8, 4) is 11.3 Å². The molecule has 0 spiro atoms. The van der Waals surface area contributed by atoms with Crippen molar-refractivity contribution in [3.63, 3.8) is 0 Å². The Morgan fingerprint density at radius 1 is 1.14 bits per heavy atom. The van der Waals surface area contributed by atoms with Crippen molar-refractivity contribution < 1.29 is 43.1 Å². The summed E-state index contributed by atoms with van der Waals surface area (Å²) in [5.41, 5.74) is 0.287. The van der Waals surface area contributed by atoms with Gasteiger partial charge in [0, 0.05) is 34.0 Å². The molecule has 226 valence electrons. The zero-order valence-electron chi connectivity index (χ0n) is 22.4. The number of amides is 1. The van der Waals surface area contributed by atoms with Gasteiger partial charge in [0.1, 0.15) is 47.8 Å². The second kappa shape index (κ2) is 12.5. The summed E-state index contributed by atoms with van der Waals surface area (Å²) in [7, 11) is 1.30. The SMILES string of the molecule is COC1C(C(=O)N(c2cc(Cl)cc(Cl)c2)[C@H]2COC[C@@H]2O)OC(CO)C(O)C1n1cc(-c2cc(F)c(C)c(F)c2)nn1. The fourth-order valence-corrected chi connectivity index (χ4v) is 5.80. The number of ether oxygens (including phenoxy) is 3. The Hall–Kier alpha value is -2.75. The third-order valence-electron chi connectivity index (χ3n) is 7.49. The summed E-state index contributed by atoms with van der Waals surface area (Å²) in [6.07, 6.45) is -5.10. The number of carbonyl (C=O) groups is 1. The minimum Gasteiger partial charge on any atom is -0.394 e. The maximum atomic E-state index is 14.3. The molecule has 5 rings (SSSR count). The van der Waals surface area contributed by atoms with Crippen molar-refractivity contribution in [2.24, 2.45) is 0 Å². The van der Waals surface area contributed by atoms with Crippen LogP contribution in [-0.4, -0.2) is 99.7 Å². The van der Waals surface area contributed by atoms with Gasteiger partial charge in [0.2, 0.25) is 0 Å². The molecule has 11 nitrogen and oxygen atoms in total. The van der Waals surface area contributed by atoms with Crippen LogP contribution in [0.4, 0.5) is 14.5 Å². The van der Waals surface area contributed by atoms with E-state index in [0.29, 0.717) is 0 Å². The normalized spacial score (nSPS) is 27.8. The molecule has 3 heterocycles. The van der Waals surface area contributed by atoms with Gasteiger partial charge in [-0.15, -0.1) is 5.10 Å². The summed E-state index contributed by atoms with van der Waals surface area (Å²) < 4.78 is 46.7. The van der Waals surface area contributed by atoms with Crippen LogP contribution in [0.2, 0.25) is 10.0 Å². The van der Waals surface area contributed by atoms with Gasteiger partial charge in [0.25, 0.3) is 5.91 Å². The zero-order valence-corrected chi connectivity index (χ0v) is 23.9. The Bertz CT molecular complexity index is 1420. The molecule has 1 aromatic heterocycles. The molecule has 2 aliphatic rings. The number of nitrogens with zero attached hydrogens (tertiary/aromatic N) is 4. The Morgan fingerprint density at radius 3 is 2.38 bits per heavy atom. The van der Waals surface area contributed by atoms with Crippen LogP contribution in [-0.2, 0) is 19.0 Å². The molecule has 15 heteroatoms. The van der Waals surface area contributed by atoms with E-state index in [1.54, 1.807) is 0 Å². The van der Waals surface area contributed by atoms with Crippen LogP contribution in [0, 0.1) is 18.6 Å². The van der Waals surface area contributed by atoms with Gasteiger partial charge in [-0.05, 0) is 37.3 Å². The number of carbonyl (C=O) groups excluding carboxylic acids is 1. The van der Waals surface area contributed by atoms with Crippen molar-refractivity contribution in [2.45, 2.75) is 49.5 Å². The number of rotatable bonds is 7. The first-order chi connectivity index (χ1) is 20.0. The van der Waals surface area contributed by atoms with Crippen molar-refractivity contribution >= 4 is 34.8 Å². The first kappa shape index (κ1) is 30.7. The summed E-state index contributed by atoms with van der Waals surface area (Å²) in [6, 6.07) is 4.66. The largest absolute Gasteiger partial charge is 0.394 e. The number of aliphatic hydroxyl groups is 3. The van der Waals surface area contributed by atoms with E-state index in [1.807, 2.05) is 0 Å². The van der Waals surface area contributed by atoms with E-state index in [4.69, 9.17) is 37.4 Å². The second-order valence-corrected chi connectivity index (χ2v) is 11.0. The highest BCUT2D eigenvalue weighted by Crippen LogP contribution is 2.36. The maximum absolute atomic E-state index is 14.3. The Labute approximate surface area is 249 Å². The zero-order chi connectivity index (χ0) is 30.3. The lowest BCUT2D eigenvalue weighted by molar-refractivity contribution is -0.211. The topological polar surface area (TPSA) is 139 Å². The van der Waals surface area contributed by atoms with Crippen LogP contribution in [0.3, 0.4) is 0 Å². The molecule has 2 aromatic carbocycles. The van der Waals surface area contributed by atoms with E-state index in [-0.39, 0.29) is 45.8 Å². The quantitative estimate of drug-likeness (QED) is 0.360. The Morgan fingerprint density at radius 2 is 1.81 bits per heavy atom. The molecule has 0 saturated carbocycles. The number of hydrogen-bond donors (Lipinski definition) is 3. The molecule has 5 unspecified atom stereocenters. The van der Waals surface area contributed by atoms with E-state index in [0.717, 1.165) is 12.1 Å². The van der Waals surface area contributed by atoms with Crippen molar-refractivity contribution in [1.29, 1.82) is 0 Å². The van der Waals surface area contributed by atoms with Crippen LogP contribution >= 0.6 is 23.2 Å². The monoisotopic (exact) mass is 628 g/mol. The molecule has 42 heavy (non-hydrogen) atoms. The first-order valence-electron chi connectivity index (χ1n) is 12.9. The van der Waals surface area contributed by atoms with Gasteiger partial charge < -0.3 is 34.4 Å². The number of methoxy groups -OCH3 is 1. The highest BCUT2D eigenvalue weighted by molar-refractivity contribution is 6.35. The lowest BCUT2D eigenvalue weighted by atomic mass is 9.91. The average Bonchev–Trinajstić information content (AvgIpc) is 3.60. The summed E-state index contributed by atoms with van der Waals surface area (Å²) in [4.78, 5) is 15.5. The molecule has 3 aromatic rings. The maximum Gasteiger partial charge on any atom is 0.259 e. The van der Waals surface area contributed by atoms with Gasteiger partial charge in [0.15, 0.2) is 6.10 Å². The smallest absolute Gasteiger partial charge is 0.259 e. The van der Waals surface area contributed by atoms with Crippen molar-refractivity contribution in [2.75, 3.05) is 31.8 Å². The molecule has 0 aliphatic carbocycles. The molecule has 3 N–H and O–H groups in total. The minimum atomic E-state index is -1.45. The molecule has 7 atom stereocenters. The Kier molecular flexibility index (Phi) is 9.11. The number of hydrogen-bond acceptors (Lipinski definition) is 9. The number of aliphatic hydroxyl groups excluding tert-OH is 3. The number of halogens is 4. The summed E-state index contributed by atoms with van der Waals surface area (Å²) in [5, 5.41) is 40.4. The molecule has 2 saturated heterocycles. The predicted molar refractivity (Wildman–Crippen MR) is 146 cm³/mol. The van der Waals surface area contributed by atoms with Gasteiger partial charge in [-0.1, -0.05) is 28.4 Å². The van der Waals surface area contributed by atoms with Crippen LogP contribution < -0.4 is 4.90 Å². The van der Waals surface area contributed by atoms with Gasteiger partial charge in [0.05, 0.1) is 32.1 Å². The van der Waals surface area contributed by atoms with Gasteiger partial charge >= 0.3 is 0 Å². The fourth-order valence-electron chi connectivity index (χ4n) is 5.28. The van der Waals surface area contributed by atoms with E-state index in [2.05, 4.69) is 10.3 Å². The predicted octanol–water partition coefficient (Wildman–Crippen LogP) is 2.31. The van der Waals surface area contributed by atoms with Gasteiger partial charge in [-0.3, -0.25) is 4.79 Å². The van der Waals surface area contributed by atoms with Gasteiger partial charge in [-0.2, -0.15) is 0 Å². The summed E-state index contributed by atoms with van der Waals surface area (Å²) in [5.74, 6) is -2.25. The molecule has 2 aliphatic heterocycles. The minimum absolute atomic E-state index is 0.00695. The van der Waals surface area contributed by atoms with Crippen LogP contribution in [0.1, 0.15) is 11.6 Å². The van der Waals surface area contributed by atoms with Crippen molar-refractivity contribution in [1.82, 2.24) is 15.0 Å². The highest BCUT2D eigenvalue weighted by Gasteiger charge is 2.52. The van der Waals surface area contributed by atoms with Crippen LogP contribution in [0.15, 0.2) is 36.5 Å². The molecule has 1 amide bonds. The molecule has 2 fully saturated rings. The van der Waals surface area contributed by atoms with Crippen molar-refractivity contribution in [3.05, 3.63) is 63.8 Å². The number of anilines is 1. The summed E-state index contributed by atoms with van der Waals surface area (Å²) in [6.45, 7) is 0.597. The van der Waals surface area contributed by atoms with E-state index >= 15 is 0 Å². The van der Waals surface area contributed by atoms with E-state index < -0.39 is 66.8 Å². The lowest BCUT2D eigenvalue weighted by Crippen LogP contribution is -2.63. The van der Waals surface area contributed by atoms with E-state index in [9.17, 15) is 28.9 Å². The molecule has 0 radical (unpaired) electrons. The third kappa shape index (κ3) is 5.75. The third-order valence-corrected chi connectivity index (χ3v) is 7.93. The van der Waals surface area contributed by atoms with Gasteiger partial charge in [-0.25, -0.2) is 13.5 Å². The fraction of sp³-hybridized carbons (Fsp3) is 0.444. The molecule has 0 bridgehead atoms. The van der Waals surface area contributed by atoms with Crippen LogP contribution in [0.5, 0.6) is 0 Å². The number of aromatic nitrogens is 3. The lowest BCUT2D eigenvalue weighted by Gasteiger charge is -2.45. The number of benzene rings is 2. The Balaban J connectivity index is 1.54. The molecular weight excluding hydrogens is 601 g/mol.